The maximum atomic E-state index is 12.0. The summed E-state index contributed by atoms with van der Waals surface area (Å²) in [7, 11) is 0. The van der Waals surface area contributed by atoms with Crippen LogP contribution in [0.25, 0.3) is 0 Å². The Morgan fingerprint density at radius 2 is 1.68 bits per heavy atom. The second kappa shape index (κ2) is 8.88. The first kappa shape index (κ1) is 19.2. The third-order valence-electron chi connectivity index (χ3n) is 3.60. The summed E-state index contributed by atoms with van der Waals surface area (Å²) in [6.45, 7) is -0.292. The van der Waals surface area contributed by atoms with Crippen LogP contribution in [0.5, 0.6) is 17.2 Å². The summed E-state index contributed by atoms with van der Waals surface area (Å²) in [5, 5.41) is 13.4. The van der Waals surface area contributed by atoms with Crippen molar-refractivity contribution in [2.45, 2.75) is 0 Å². The van der Waals surface area contributed by atoms with Gasteiger partial charge in [-0.3, -0.25) is 14.9 Å². The molecular weight excluding hydrogens is 384 g/mol. The first-order chi connectivity index (χ1) is 13.5. The minimum Gasteiger partial charge on any atom is -0.482 e. The summed E-state index contributed by atoms with van der Waals surface area (Å²) in [6.07, 6.45) is 0. The number of nitro groups is 1. The molecule has 0 aliphatic rings. The number of nitrogens with zero attached hydrogens (tertiary/aromatic N) is 1. The molecule has 3 aromatic rings. The number of amides is 1. The number of carbonyl (C=O) groups excluding carboxylic acids is 1. The molecule has 0 atom stereocenters. The number of halogens is 1. The predicted octanol–water partition coefficient (Wildman–Crippen LogP) is 5.06. The van der Waals surface area contributed by atoms with Crippen LogP contribution in [0.4, 0.5) is 11.4 Å². The van der Waals surface area contributed by atoms with Crippen LogP contribution in [0.1, 0.15) is 0 Å². The predicted molar refractivity (Wildman–Crippen MR) is 105 cm³/mol. The topological polar surface area (TPSA) is 90.7 Å². The zero-order valence-electron chi connectivity index (χ0n) is 14.5. The maximum absolute atomic E-state index is 12.0. The molecule has 3 aromatic carbocycles. The second-order valence-electron chi connectivity index (χ2n) is 5.65. The molecule has 0 saturated carbocycles. The lowest BCUT2D eigenvalue weighted by Crippen LogP contribution is -2.20. The molecule has 142 valence electrons. The fourth-order valence-electron chi connectivity index (χ4n) is 2.29. The molecule has 0 heterocycles. The molecule has 0 unspecified atom stereocenters. The zero-order chi connectivity index (χ0) is 19.9. The number of carbonyl (C=O) groups is 1. The largest absolute Gasteiger partial charge is 0.482 e. The van der Waals surface area contributed by atoms with Gasteiger partial charge < -0.3 is 14.8 Å². The number of hydrogen-bond acceptors (Lipinski definition) is 5. The number of hydrogen-bond donors (Lipinski definition) is 1. The van der Waals surface area contributed by atoms with Gasteiger partial charge in [0.15, 0.2) is 6.61 Å². The molecule has 28 heavy (non-hydrogen) atoms. The Labute approximate surface area is 165 Å². The molecular formula is C20H15ClN2O5. The van der Waals surface area contributed by atoms with Gasteiger partial charge in [0.25, 0.3) is 11.6 Å². The van der Waals surface area contributed by atoms with E-state index >= 15 is 0 Å². The number of ether oxygens (including phenoxy) is 2. The lowest BCUT2D eigenvalue weighted by Gasteiger charge is -2.10. The number of non-ortho nitro benzene ring substituents is 1. The minimum atomic E-state index is -0.562. The molecule has 0 radical (unpaired) electrons. The van der Waals surface area contributed by atoms with Crippen LogP contribution < -0.4 is 14.8 Å². The van der Waals surface area contributed by atoms with E-state index in [-0.39, 0.29) is 23.1 Å². The average molecular weight is 399 g/mol. The molecule has 1 amide bonds. The molecule has 0 fully saturated rings. The lowest BCUT2D eigenvalue weighted by molar-refractivity contribution is -0.384. The Morgan fingerprint density at radius 1 is 1.00 bits per heavy atom. The summed E-state index contributed by atoms with van der Waals surface area (Å²) >= 11 is 5.93. The van der Waals surface area contributed by atoms with Crippen molar-refractivity contribution in [2.75, 3.05) is 11.9 Å². The Hall–Kier alpha value is -3.58. The van der Waals surface area contributed by atoms with E-state index in [2.05, 4.69) is 5.32 Å². The van der Waals surface area contributed by atoms with E-state index < -0.39 is 10.8 Å². The molecule has 0 aliphatic carbocycles. The van der Waals surface area contributed by atoms with Gasteiger partial charge in [-0.2, -0.15) is 0 Å². The zero-order valence-corrected chi connectivity index (χ0v) is 15.3. The van der Waals surface area contributed by atoms with Crippen LogP contribution in [0.3, 0.4) is 0 Å². The van der Waals surface area contributed by atoms with E-state index in [1.807, 2.05) is 30.3 Å². The van der Waals surface area contributed by atoms with Gasteiger partial charge >= 0.3 is 0 Å². The highest BCUT2D eigenvalue weighted by atomic mass is 35.5. The summed E-state index contributed by atoms with van der Waals surface area (Å²) < 4.78 is 11.0. The lowest BCUT2D eigenvalue weighted by atomic mass is 10.3. The number of rotatable bonds is 7. The van der Waals surface area contributed by atoms with Crippen molar-refractivity contribution >= 4 is 28.9 Å². The second-order valence-corrected chi connectivity index (χ2v) is 6.06. The molecule has 0 spiro atoms. The van der Waals surface area contributed by atoms with Gasteiger partial charge in [-0.1, -0.05) is 29.8 Å². The van der Waals surface area contributed by atoms with Crippen molar-refractivity contribution in [2.24, 2.45) is 0 Å². The van der Waals surface area contributed by atoms with E-state index in [0.717, 1.165) is 0 Å². The fraction of sp³-hybridized carbons (Fsp3) is 0.0500. The number of para-hydroxylation sites is 1. The molecule has 0 aromatic heterocycles. The van der Waals surface area contributed by atoms with E-state index in [1.54, 1.807) is 24.3 Å². The Kier molecular flexibility index (Phi) is 6.08. The van der Waals surface area contributed by atoms with Gasteiger partial charge in [0.1, 0.15) is 17.2 Å². The van der Waals surface area contributed by atoms with Crippen molar-refractivity contribution in [1.82, 2.24) is 0 Å². The van der Waals surface area contributed by atoms with E-state index in [1.165, 1.54) is 18.2 Å². The van der Waals surface area contributed by atoms with Gasteiger partial charge in [-0.05, 0) is 42.5 Å². The van der Waals surface area contributed by atoms with Crippen LogP contribution in [-0.4, -0.2) is 17.4 Å². The number of nitro benzene ring substituents is 1. The normalized spacial score (nSPS) is 10.2. The molecule has 7 nitrogen and oxygen atoms in total. The molecule has 8 heteroatoms. The van der Waals surface area contributed by atoms with Gasteiger partial charge in [-0.25, -0.2) is 0 Å². The third-order valence-corrected chi connectivity index (χ3v) is 3.90. The van der Waals surface area contributed by atoms with Crippen molar-refractivity contribution in [3.8, 4) is 17.2 Å². The standard InChI is InChI=1S/C20H15ClN2O5/c21-18-12-15(23(25)26)8-11-19(18)27-13-20(24)22-14-6-9-17(10-7-14)28-16-4-2-1-3-5-16/h1-12H,13H2,(H,22,24). The van der Waals surface area contributed by atoms with Crippen LogP contribution in [0.2, 0.25) is 5.02 Å². The Bertz CT molecular complexity index is 978. The van der Waals surface area contributed by atoms with Gasteiger partial charge in [0.05, 0.1) is 9.95 Å². The number of anilines is 1. The molecule has 0 bridgehead atoms. The quantitative estimate of drug-likeness (QED) is 0.443. The molecule has 0 aliphatic heterocycles. The van der Waals surface area contributed by atoms with Gasteiger partial charge in [-0.15, -0.1) is 0 Å². The van der Waals surface area contributed by atoms with Crippen molar-refractivity contribution in [3.05, 3.63) is 87.9 Å². The highest BCUT2D eigenvalue weighted by Gasteiger charge is 2.12. The Morgan fingerprint density at radius 3 is 2.32 bits per heavy atom. The number of nitrogens with one attached hydrogen (secondary N) is 1. The molecule has 0 saturated heterocycles. The molecule has 3 rings (SSSR count). The smallest absolute Gasteiger partial charge is 0.271 e. The highest BCUT2D eigenvalue weighted by Crippen LogP contribution is 2.28. The maximum Gasteiger partial charge on any atom is 0.271 e. The minimum absolute atomic E-state index is 0.0596. The Balaban J connectivity index is 1.53. The fourth-order valence-corrected chi connectivity index (χ4v) is 2.52. The summed E-state index contributed by atoms with van der Waals surface area (Å²) in [5.74, 6) is 1.14. The van der Waals surface area contributed by atoms with Crippen LogP contribution in [-0.2, 0) is 4.79 Å². The first-order valence-electron chi connectivity index (χ1n) is 8.21. The third kappa shape index (κ3) is 5.21. The van der Waals surface area contributed by atoms with Crippen LogP contribution >= 0.6 is 11.6 Å². The van der Waals surface area contributed by atoms with Crippen molar-refractivity contribution in [1.29, 1.82) is 0 Å². The average Bonchev–Trinajstić information content (AvgIpc) is 2.69. The van der Waals surface area contributed by atoms with E-state index in [9.17, 15) is 14.9 Å². The number of benzene rings is 3. The van der Waals surface area contributed by atoms with Crippen LogP contribution in [0.15, 0.2) is 72.8 Å². The van der Waals surface area contributed by atoms with E-state index in [0.29, 0.717) is 17.2 Å². The van der Waals surface area contributed by atoms with E-state index in [4.69, 9.17) is 21.1 Å². The summed E-state index contributed by atoms with van der Waals surface area (Å²) in [4.78, 5) is 22.2. The highest BCUT2D eigenvalue weighted by molar-refractivity contribution is 6.32. The van der Waals surface area contributed by atoms with Crippen molar-refractivity contribution < 1.29 is 19.2 Å². The summed E-state index contributed by atoms with van der Waals surface area (Å²) in [5.41, 5.74) is 0.420. The van der Waals surface area contributed by atoms with Crippen molar-refractivity contribution in [3.63, 3.8) is 0 Å². The summed E-state index contributed by atoms with van der Waals surface area (Å²) in [6, 6.07) is 20.0. The van der Waals surface area contributed by atoms with Gasteiger partial charge in [0, 0.05) is 17.8 Å². The van der Waals surface area contributed by atoms with Gasteiger partial charge in [0.2, 0.25) is 0 Å². The first-order valence-corrected chi connectivity index (χ1v) is 8.58. The monoisotopic (exact) mass is 398 g/mol. The molecule has 1 N–H and O–H groups in total. The van der Waals surface area contributed by atoms with Crippen LogP contribution in [0, 0.1) is 10.1 Å². The SMILES string of the molecule is O=C(COc1ccc([N+](=O)[O-])cc1Cl)Nc1ccc(Oc2ccccc2)cc1.